The van der Waals surface area contributed by atoms with Gasteiger partial charge in [0.25, 0.3) is 5.91 Å². The number of benzene rings is 1. The van der Waals surface area contributed by atoms with Crippen molar-refractivity contribution in [1.82, 2.24) is 5.32 Å². The molecule has 8 heteroatoms. The van der Waals surface area contributed by atoms with E-state index in [1.165, 1.54) is 6.92 Å². The molecule has 6 nitrogen and oxygen atoms in total. The molecule has 0 radical (unpaired) electrons. The Kier molecular flexibility index (Phi) is 6.62. The first-order chi connectivity index (χ1) is 10.8. The van der Waals surface area contributed by atoms with Crippen LogP contribution in [0, 0.1) is 17.6 Å². The predicted molar refractivity (Wildman–Crippen MR) is 77.2 cm³/mol. The van der Waals surface area contributed by atoms with Gasteiger partial charge in [0, 0.05) is 5.56 Å². The lowest BCUT2D eigenvalue weighted by atomic mass is 9.97. The van der Waals surface area contributed by atoms with E-state index in [9.17, 15) is 23.2 Å². The van der Waals surface area contributed by atoms with Gasteiger partial charge in [-0.05, 0) is 31.0 Å². The number of amides is 2. The van der Waals surface area contributed by atoms with Crippen LogP contribution in [0.1, 0.15) is 30.6 Å². The van der Waals surface area contributed by atoms with Crippen LogP contribution in [-0.4, -0.2) is 30.4 Å². The number of carbonyl (C=O) groups excluding carboxylic acids is 3. The van der Waals surface area contributed by atoms with Gasteiger partial charge < -0.3 is 15.8 Å². The molecular weight excluding hydrogens is 310 g/mol. The van der Waals surface area contributed by atoms with Crippen LogP contribution in [0.25, 0.3) is 0 Å². The summed E-state index contributed by atoms with van der Waals surface area (Å²) < 4.78 is 30.8. The van der Waals surface area contributed by atoms with Crippen LogP contribution < -0.4 is 11.1 Å². The molecule has 3 N–H and O–H groups in total. The van der Waals surface area contributed by atoms with Crippen molar-refractivity contribution in [3.8, 4) is 0 Å². The third kappa shape index (κ3) is 5.32. The van der Waals surface area contributed by atoms with Crippen LogP contribution >= 0.6 is 0 Å². The van der Waals surface area contributed by atoms with Gasteiger partial charge in [-0.3, -0.25) is 14.4 Å². The molecule has 2 atom stereocenters. The maximum Gasteiger partial charge on any atom is 0.306 e. The van der Waals surface area contributed by atoms with E-state index in [-0.39, 0.29) is 18.6 Å². The van der Waals surface area contributed by atoms with Crippen LogP contribution in [0.3, 0.4) is 0 Å². The van der Waals surface area contributed by atoms with Gasteiger partial charge in [0.15, 0.2) is 11.6 Å². The molecule has 0 heterocycles. The third-order valence-corrected chi connectivity index (χ3v) is 3.14. The molecule has 1 aromatic rings. The topological polar surface area (TPSA) is 98.5 Å². The van der Waals surface area contributed by atoms with E-state index in [0.717, 1.165) is 12.1 Å². The molecule has 0 saturated heterocycles. The van der Waals surface area contributed by atoms with Crippen molar-refractivity contribution in [2.24, 2.45) is 11.7 Å². The Hall–Kier alpha value is -2.51. The summed E-state index contributed by atoms with van der Waals surface area (Å²) in [7, 11) is 0. The molecule has 1 aromatic carbocycles. The third-order valence-electron chi connectivity index (χ3n) is 3.14. The van der Waals surface area contributed by atoms with Gasteiger partial charge in [-0.2, -0.15) is 0 Å². The number of hydrogen-bond donors (Lipinski definition) is 2. The molecule has 0 saturated carbocycles. The summed E-state index contributed by atoms with van der Waals surface area (Å²) in [6.07, 6.45) is -0.125. The van der Waals surface area contributed by atoms with Crippen molar-refractivity contribution >= 4 is 17.8 Å². The van der Waals surface area contributed by atoms with Crippen molar-refractivity contribution in [2.75, 3.05) is 6.61 Å². The Labute approximate surface area is 132 Å². The SMILES string of the molecule is CCOC(=O)C[C@@H](C)[C@H](NC(=O)c1ccc(F)c(F)c1)C(N)=O. The number of halogens is 2. The standard InChI is InChI=1S/C15H18F2N2O4/c1-3-23-12(20)6-8(2)13(14(18)21)19-15(22)9-4-5-10(16)11(17)7-9/h4-5,7-8,13H,3,6H2,1-2H3,(H2,18,21)(H,19,22)/t8-,13+/m1/s1. The molecule has 126 valence electrons. The average molecular weight is 328 g/mol. The molecule has 0 unspecified atom stereocenters. The van der Waals surface area contributed by atoms with E-state index in [1.807, 2.05) is 0 Å². The second-order valence-electron chi connectivity index (χ2n) is 4.97. The molecule has 2 amide bonds. The molecule has 1 rings (SSSR count). The van der Waals surface area contributed by atoms with Crippen molar-refractivity contribution in [2.45, 2.75) is 26.3 Å². The highest BCUT2D eigenvalue weighted by Crippen LogP contribution is 2.12. The van der Waals surface area contributed by atoms with E-state index in [0.29, 0.717) is 6.07 Å². The molecule has 0 aliphatic carbocycles. The summed E-state index contributed by atoms with van der Waals surface area (Å²) >= 11 is 0. The lowest BCUT2D eigenvalue weighted by Gasteiger charge is -2.21. The maximum absolute atomic E-state index is 13.1. The smallest absolute Gasteiger partial charge is 0.306 e. The second kappa shape index (κ2) is 8.21. The number of nitrogens with one attached hydrogen (secondary N) is 1. The highest BCUT2D eigenvalue weighted by atomic mass is 19.2. The zero-order valence-corrected chi connectivity index (χ0v) is 12.8. The fourth-order valence-corrected chi connectivity index (χ4v) is 1.96. The molecule has 0 fully saturated rings. The van der Waals surface area contributed by atoms with Gasteiger partial charge >= 0.3 is 5.97 Å². The number of rotatable bonds is 7. The first-order valence-electron chi connectivity index (χ1n) is 6.97. The summed E-state index contributed by atoms with van der Waals surface area (Å²) in [5.41, 5.74) is 5.06. The number of esters is 1. The highest BCUT2D eigenvalue weighted by Gasteiger charge is 2.27. The fraction of sp³-hybridized carbons (Fsp3) is 0.400. The Morgan fingerprint density at radius 1 is 1.26 bits per heavy atom. The van der Waals surface area contributed by atoms with Crippen molar-refractivity contribution in [3.05, 3.63) is 35.4 Å². The van der Waals surface area contributed by atoms with Gasteiger partial charge in [-0.15, -0.1) is 0 Å². The summed E-state index contributed by atoms with van der Waals surface area (Å²) in [4.78, 5) is 34.9. The van der Waals surface area contributed by atoms with Gasteiger partial charge in [-0.25, -0.2) is 8.78 Å². The van der Waals surface area contributed by atoms with Gasteiger partial charge in [0.1, 0.15) is 6.04 Å². The minimum atomic E-state index is -1.19. The number of carbonyl (C=O) groups is 3. The quantitative estimate of drug-likeness (QED) is 0.733. The Bertz CT molecular complexity index is 607. The first-order valence-corrected chi connectivity index (χ1v) is 6.97. The molecule has 0 bridgehead atoms. The van der Waals surface area contributed by atoms with E-state index in [1.54, 1.807) is 6.92 Å². The summed E-state index contributed by atoms with van der Waals surface area (Å²) in [6.45, 7) is 3.37. The van der Waals surface area contributed by atoms with E-state index >= 15 is 0 Å². The van der Waals surface area contributed by atoms with Crippen LogP contribution in [0.2, 0.25) is 0 Å². The Morgan fingerprint density at radius 3 is 2.43 bits per heavy atom. The van der Waals surface area contributed by atoms with Crippen LogP contribution in [-0.2, 0) is 14.3 Å². The number of primary amides is 1. The number of hydrogen-bond acceptors (Lipinski definition) is 4. The van der Waals surface area contributed by atoms with Crippen LogP contribution in [0.5, 0.6) is 0 Å². The monoisotopic (exact) mass is 328 g/mol. The zero-order chi connectivity index (χ0) is 17.6. The summed E-state index contributed by atoms with van der Waals surface area (Å²) in [6, 6.07) is 1.42. The number of nitrogens with two attached hydrogens (primary N) is 1. The highest BCUT2D eigenvalue weighted by molar-refractivity contribution is 5.97. The van der Waals surface area contributed by atoms with Crippen LogP contribution in [0.4, 0.5) is 8.78 Å². The van der Waals surface area contributed by atoms with E-state index in [2.05, 4.69) is 5.32 Å². The first kappa shape index (κ1) is 18.5. The number of ether oxygens (including phenoxy) is 1. The molecule has 23 heavy (non-hydrogen) atoms. The summed E-state index contributed by atoms with van der Waals surface area (Å²) in [5, 5.41) is 2.32. The van der Waals surface area contributed by atoms with Crippen molar-refractivity contribution in [1.29, 1.82) is 0 Å². The van der Waals surface area contributed by atoms with E-state index < -0.39 is 41.4 Å². The second-order valence-corrected chi connectivity index (χ2v) is 4.97. The lowest BCUT2D eigenvalue weighted by Crippen LogP contribution is -2.49. The largest absolute Gasteiger partial charge is 0.466 e. The normalized spacial score (nSPS) is 13.0. The zero-order valence-electron chi connectivity index (χ0n) is 12.8. The Morgan fingerprint density at radius 2 is 1.91 bits per heavy atom. The molecular formula is C15H18F2N2O4. The van der Waals surface area contributed by atoms with Crippen molar-refractivity contribution in [3.63, 3.8) is 0 Å². The minimum absolute atomic E-state index is 0.125. The summed E-state index contributed by atoms with van der Waals surface area (Å²) in [5.74, 6) is -5.09. The van der Waals surface area contributed by atoms with Gasteiger partial charge in [0.05, 0.1) is 13.0 Å². The van der Waals surface area contributed by atoms with Gasteiger partial charge in [0.2, 0.25) is 5.91 Å². The van der Waals surface area contributed by atoms with Gasteiger partial charge in [-0.1, -0.05) is 6.92 Å². The lowest BCUT2D eigenvalue weighted by molar-refractivity contribution is -0.144. The molecule has 0 aliphatic rings. The predicted octanol–water partition coefficient (Wildman–Crippen LogP) is 1.14. The van der Waals surface area contributed by atoms with E-state index in [4.69, 9.17) is 10.5 Å². The minimum Gasteiger partial charge on any atom is -0.466 e. The molecule has 0 aliphatic heterocycles. The molecule has 0 spiro atoms. The van der Waals surface area contributed by atoms with Crippen molar-refractivity contribution < 1.29 is 27.9 Å². The van der Waals surface area contributed by atoms with Crippen LogP contribution in [0.15, 0.2) is 18.2 Å². The maximum atomic E-state index is 13.1. The molecule has 0 aromatic heterocycles. The Balaban J connectivity index is 2.82. The average Bonchev–Trinajstić information content (AvgIpc) is 2.46. The fourth-order valence-electron chi connectivity index (χ4n) is 1.96.